The van der Waals surface area contributed by atoms with E-state index in [2.05, 4.69) is 0 Å². The summed E-state index contributed by atoms with van der Waals surface area (Å²) in [4.78, 5) is -0.144. The van der Waals surface area contributed by atoms with Crippen molar-refractivity contribution >= 4 is 42.4 Å². The molecule has 0 fully saturated rings. The molecule has 0 aliphatic carbocycles. The van der Waals surface area contributed by atoms with Crippen LogP contribution in [-0.2, 0) is 10.1 Å². The van der Waals surface area contributed by atoms with E-state index >= 15 is 0 Å². The van der Waals surface area contributed by atoms with E-state index in [9.17, 15) is 13.0 Å². The molecule has 20 heavy (non-hydrogen) atoms. The highest BCUT2D eigenvalue weighted by Gasteiger charge is 2.14. The minimum Gasteiger partial charge on any atom is -0.744 e. The Morgan fingerprint density at radius 1 is 0.750 bits per heavy atom. The predicted molar refractivity (Wildman–Crippen MR) is 78.1 cm³/mol. The number of hydrogen-bond acceptors (Lipinski definition) is 3. The topological polar surface area (TPSA) is 57.2 Å². The van der Waals surface area contributed by atoms with E-state index in [-0.39, 0.29) is 4.90 Å². The zero-order chi connectivity index (χ0) is 13.9. The van der Waals surface area contributed by atoms with E-state index in [1.54, 1.807) is 12.1 Å². The molecule has 3 nitrogen and oxygen atoms in total. The molecular formula is C16H9O3S-. The van der Waals surface area contributed by atoms with Gasteiger partial charge in [-0.15, -0.1) is 0 Å². The van der Waals surface area contributed by atoms with E-state index in [0.29, 0.717) is 5.39 Å². The molecule has 0 unspecified atom stereocenters. The third kappa shape index (κ3) is 1.46. The largest absolute Gasteiger partial charge is 0.744 e. The highest BCUT2D eigenvalue weighted by Crippen LogP contribution is 2.37. The molecule has 0 spiro atoms. The second kappa shape index (κ2) is 3.69. The van der Waals surface area contributed by atoms with Crippen molar-refractivity contribution in [3.63, 3.8) is 0 Å². The van der Waals surface area contributed by atoms with Gasteiger partial charge >= 0.3 is 0 Å². The van der Waals surface area contributed by atoms with Crippen molar-refractivity contribution in [1.29, 1.82) is 0 Å². The number of rotatable bonds is 1. The standard InChI is InChI=1S/C16H10O3S/c17-20(18,19)14-9-12-5-1-3-10-7-8-11-4-2-6-13(14)16(11)15(10)12/h1-9H,(H,17,18,19)/p-1. The molecule has 0 saturated carbocycles. The SMILES string of the molecule is O=S(=O)([O-])c1cc2cccc3ccc4cccc1c4c32. The summed E-state index contributed by atoms with van der Waals surface area (Å²) in [6, 6.07) is 16.5. The number of benzene rings is 4. The monoisotopic (exact) mass is 281 g/mol. The Bertz CT molecular complexity index is 1070. The zero-order valence-electron chi connectivity index (χ0n) is 10.3. The van der Waals surface area contributed by atoms with Crippen LogP contribution in [0.3, 0.4) is 0 Å². The summed E-state index contributed by atoms with van der Waals surface area (Å²) in [6.07, 6.45) is 0. The Balaban J connectivity index is 2.44. The lowest BCUT2D eigenvalue weighted by Crippen LogP contribution is -2.00. The summed E-state index contributed by atoms with van der Waals surface area (Å²) >= 11 is 0. The van der Waals surface area contributed by atoms with Gasteiger partial charge in [0.2, 0.25) is 0 Å². The van der Waals surface area contributed by atoms with E-state index in [0.717, 1.165) is 26.9 Å². The molecule has 4 aromatic rings. The summed E-state index contributed by atoms with van der Waals surface area (Å²) in [5.74, 6) is 0. The van der Waals surface area contributed by atoms with Crippen LogP contribution in [0.5, 0.6) is 0 Å². The van der Waals surface area contributed by atoms with Crippen molar-refractivity contribution < 1.29 is 13.0 Å². The van der Waals surface area contributed by atoms with Crippen molar-refractivity contribution in [2.75, 3.05) is 0 Å². The first-order valence-corrected chi connectivity index (χ1v) is 7.59. The Morgan fingerprint density at radius 2 is 1.35 bits per heavy atom. The molecule has 4 heteroatoms. The van der Waals surface area contributed by atoms with Crippen LogP contribution in [0.1, 0.15) is 0 Å². The normalized spacial score (nSPS) is 12.7. The van der Waals surface area contributed by atoms with Crippen molar-refractivity contribution in [2.45, 2.75) is 4.90 Å². The maximum absolute atomic E-state index is 11.5. The van der Waals surface area contributed by atoms with Gasteiger partial charge in [-0.1, -0.05) is 48.5 Å². The van der Waals surface area contributed by atoms with E-state index in [1.165, 1.54) is 6.07 Å². The first-order valence-electron chi connectivity index (χ1n) is 6.18. The van der Waals surface area contributed by atoms with Gasteiger partial charge in [0, 0.05) is 5.39 Å². The molecule has 0 aliphatic heterocycles. The Morgan fingerprint density at radius 3 is 2.05 bits per heavy atom. The van der Waals surface area contributed by atoms with Gasteiger partial charge in [0.1, 0.15) is 10.1 Å². The fourth-order valence-electron chi connectivity index (χ4n) is 2.94. The molecular weight excluding hydrogens is 272 g/mol. The van der Waals surface area contributed by atoms with E-state index < -0.39 is 10.1 Å². The molecule has 0 heterocycles. The van der Waals surface area contributed by atoms with Crippen LogP contribution in [0.2, 0.25) is 0 Å². The quantitative estimate of drug-likeness (QED) is 0.396. The fraction of sp³-hybridized carbons (Fsp3) is 0. The third-order valence-electron chi connectivity index (χ3n) is 3.74. The molecule has 0 atom stereocenters. The molecule has 0 aliphatic rings. The first-order chi connectivity index (χ1) is 9.55. The molecule has 4 aromatic carbocycles. The molecule has 98 valence electrons. The van der Waals surface area contributed by atoms with Gasteiger partial charge in [-0.3, -0.25) is 0 Å². The predicted octanol–water partition coefficient (Wildman–Crippen LogP) is 3.49. The lowest BCUT2D eigenvalue weighted by Gasteiger charge is -2.16. The van der Waals surface area contributed by atoms with Crippen LogP contribution in [0.4, 0.5) is 0 Å². The summed E-state index contributed by atoms with van der Waals surface area (Å²) < 4.78 is 34.6. The zero-order valence-corrected chi connectivity index (χ0v) is 11.1. The van der Waals surface area contributed by atoms with E-state index in [1.807, 2.05) is 36.4 Å². The molecule has 0 N–H and O–H groups in total. The van der Waals surface area contributed by atoms with Gasteiger partial charge < -0.3 is 4.55 Å². The van der Waals surface area contributed by atoms with Crippen LogP contribution in [0, 0.1) is 0 Å². The first kappa shape index (κ1) is 11.6. The lowest BCUT2D eigenvalue weighted by atomic mass is 9.94. The second-order valence-electron chi connectivity index (χ2n) is 4.88. The van der Waals surface area contributed by atoms with Crippen molar-refractivity contribution in [2.24, 2.45) is 0 Å². The fourth-order valence-corrected chi connectivity index (χ4v) is 3.65. The van der Waals surface area contributed by atoms with Crippen molar-refractivity contribution in [3.05, 3.63) is 54.6 Å². The molecule has 0 bridgehead atoms. The van der Waals surface area contributed by atoms with Gasteiger partial charge in [-0.05, 0) is 33.0 Å². The average molecular weight is 281 g/mol. The molecule has 0 radical (unpaired) electrons. The van der Waals surface area contributed by atoms with Gasteiger partial charge in [0.15, 0.2) is 0 Å². The second-order valence-corrected chi connectivity index (χ2v) is 6.23. The molecule has 4 rings (SSSR count). The van der Waals surface area contributed by atoms with Gasteiger partial charge in [-0.25, -0.2) is 8.42 Å². The maximum Gasteiger partial charge on any atom is 0.125 e. The molecule has 0 aromatic heterocycles. The third-order valence-corrected chi connectivity index (χ3v) is 4.62. The van der Waals surface area contributed by atoms with Crippen LogP contribution >= 0.6 is 0 Å². The van der Waals surface area contributed by atoms with Gasteiger partial charge in [0.05, 0.1) is 4.90 Å². The average Bonchev–Trinajstić information content (AvgIpc) is 2.43. The highest BCUT2D eigenvalue weighted by molar-refractivity contribution is 7.86. The maximum atomic E-state index is 11.5. The molecule has 0 saturated heterocycles. The van der Waals surface area contributed by atoms with Crippen LogP contribution in [0.25, 0.3) is 32.3 Å². The van der Waals surface area contributed by atoms with Crippen LogP contribution in [-0.4, -0.2) is 13.0 Å². The van der Waals surface area contributed by atoms with Crippen molar-refractivity contribution in [3.8, 4) is 0 Å². The Labute approximate surface area is 115 Å². The van der Waals surface area contributed by atoms with Gasteiger partial charge in [0.25, 0.3) is 0 Å². The minimum atomic E-state index is -4.50. The highest BCUT2D eigenvalue weighted by atomic mass is 32.2. The molecule has 0 amide bonds. The summed E-state index contributed by atoms with van der Waals surface area (Å²) in [5.41, 5.74) is 0. The minimum absolute atomic E-state index is 0.144. The van der Waals surface area contributed by atoms with Gasteiger partial charge in [-0.2, -0.15) is 0 Å². The van der Waals surface area contributed by atoms with Crippen LogP contribution in [0.15, 0.2) is 59.5 Å². The lowest BCUT2D eigenvalue weighted by molar-refractivity contribution is 0.464. The number of hydrogen-bond donors (Lipinski definition) is 0. The van der Waals surface area contributed by atoms with E-state index in [4.69, 9.17) is 0 Å². The van der Waals surface area contributed by atoms with Crippen LogP contribution < -0.4 is 0 Å². The Hall–Kier alpha value is -2.17. The Kier molecular flexibility index (Phi) is 2.14. The summed E-state index contributed by atoms with van der Waals surface area (Å²) in [7, 11) is -4.50. The smallest absolute Gasteiger partial charge is 0.125 e. The summed E-state index contributed by atoms with van der Waals surface area (Å²) in [6.45, 7) is 0. The summed E-state index contributed by atoms with van der Waals surface area (Å²) in [5, 5.41) is 5.12. The van der Waals surface area contributed by atoms with Crippen molar-refractivity contribution in [1.82, 2.24) is 0 Å².